The van der Waals surface area contributed by atoms with Crippen LogP contribution in [0.25, 0.3) is 0 Å². The summed E-state index contributed by atoms with van der Waals surface area (Å²) in [5.74, 6) is -0.00273. The van der Waals surface area contributed by atoms with E-state index < -0.39 is 0 Å². The molecular formula is C9H18N2O2. The molecule has 4 nitrogen and oxygen atoms in total. The Hall–Kier alpha value is -0.610. The first-order valence-electron chi connectivity index (χ1n) is 4.69. The third kappa shape index (κ3) is 3.74. The third-order valence-electron chi connectivity index (χ3n) is 2.36. The van der Waals surface area contributed by atoms with Crippen LogP contribution in [-0.2, 0) is 9.53 Å². The fraction of sp³-hybridized carbons (Fsp3) is 0.889. The van der Waals surface area contributed by atoms with Crippen LogP contribution in [0.2, 0.25) is 0 Å². The number of methoxy groups -OCH3 is 1. The van der Waals surface area contributed by atoms with E-state index in [4.69, 9.17) is 4.74 Å². The molecule has 0 radical (unpaired) electrons. The normalized spacial score (nSPS) is 20.2. The van der Waals surface area contributed by atoms with Crippen LogP contribution in [0.5, 0.6) is 0 Å². The molecule has 0 bridgehead atoms. The van der Waals surface area contributed by atoms with E-state index in [-0.39, 0.29) is 12.5 Å². The standard InChI is InChI=1S/C9H18N2O2/c1-11-5-3-8(4-6-11)10-9(12)7-13-2/h8H,3-7H2,1-2H3,(H,10,12). The Kier molecular flexibility index (Phi) is 4.18. The van der Waals surface area contributed by atoms with Crippen molar-refractivity contribution < 1.29 is 9.53 Å². The van der Waals surface area contributed by atoms with Crippen molar-refractivity contribution in [3.8, 4) is 0 Å². The molecule has 1 heterocycles. The van der Waals surface area contributed by atoms with Gasteiger partial charge in [0.2, 0.25) is 5.91 Å². The van der Waals surface area contributed by atoms with E-state index in [1.165, 1.54) is 7.11 Å². The number of nitrogens with one attached hydrogen (secondary N) is 1. The number of nitrogens with zero attached hydrogens (tertiary/aromatic N) is 1. The zero-order valence-electron chi connectivity index (χ0n) is 8.38. The maximum Gasteiger partial charge on any atom is 0.246 e. The molecule has 0 spiro atoms. The molecular weight excluding hydrogens is 168 g/mol. The van der Waals surface area contributed by atoms with Crippen molar-refractivity contribution in [2.75, 3.05) is 33.9 Å². The largest absolute Gasteiger partial charge is 0.375 e. The summed E-state index contributed by atoms with van der Waals surface area (Å²) in [5, 5.41) is 2.95. The van der Waals surface area contributed by atoms with Crippen molar-refractivity contribution in [2.45, 2.75) is 18.9 Å². The Morgan fingerprint density at radius 2 is 2.15 bits per heavy atom. The van der Waals surface area contributed by atoms with Crippen LogP contribution in [0.15, 0.2) is 0 Å². The highest BCUT2D eigenvalue weighted by Crippen LogP contribution is 2.07. The molecule has 0 atom stereocenters. The van der Waals surface area contributed by atoms with Crippen LogP contribution in [-0.4, -0.2) is 50.7 Å². The van der Waals surface area contributed by atoms with Gasteiger partial charge in [-0.1, -0.05) is 0 Å². The van der Waals surface area contributed by atoms with Crippen LogP contribution in [0.4, 0.5) is 0 Å². The Labute approximate surface area is 79.2 Å². The van der Waals surface area contributed by atoms with E-state index in [2.05, 4.69) is 17.3 Å². The average molecular weight is 186 g/mol. The molecule has 1 aliphatic rings. The van der Waals surface area contributed by atoms with Gasteiger partial charge in [-0.15, -0.1) is 0 Å². The number of carbonyl (C=O) groups excluding carboxylic acids is 1. The minimum atomic E-state index is -0.00273. The molecule has 0 unspecified atom stereocenters. The molecule has 13 heavy (non-hydrogen) atoms. The first-order chi connectivity index (χ1) is 6.22. The molecule has 0 aromatic rings. The molecule has 1 saturated heterocycles. The highest BCUT2D eigenvalue weighted by atomic mass is 16.5. The van der Waals surface area contributed by atoms with E-state index in [1.54, 1.807) is 0 Å². The van der Waals surface area contributed by atoms with Gasteiger partial charge in [0.15, 0.2) is 0 Å². The number of likely N-dealkylation sites (tertiary alicyclic amines) is 1. The minimum absolute atomic E-state index is 0.00273. The molecule has 0 aromatic carbocycles. The molecule has 1 amide bonds. The van der Waals surface area contributed by atoms with Gasteiger partial charge in [-0.05, 0) is 33.0 Å². The number of piperidine rings is 1. The first-order valence-corrected chi connectivity index (χ1v) is 4.69. The molecule has 0 aromatic heterocycles. The molecule has 0 aliphatic carbocycles. The SMILES string of the molecule is COCC(=O)NC1CCN(C)CC1. The maximum absolute atomic E-state index is 11.1. The summed E-state index contributed by atoms with van der Waals surface area (Å²) in [5.41, 5.74) is 0. The molecule has 0 saturated carbocycles. The van der Waals surface area contributed by atoms with Gasteiger partial charge in [0.05, 0.1) is 0 Å². The Bertz CT molecular complexity index is 165. The lowest BCUT2D eigenvalue weighted by atomic mass is 10.1. The van der Waals surface area contributed by atoms with Crippen LogP contribution in [0, 0.1) is 0 Å². The lowest BCUT2D eigenvalue weighted by Crippen LogP contribution is -2.44. The summed E-state index contributed by atoms with van der Waals surface area (Å²) in [6.45, 7) is 2.31. The number of hydrogen-bond donors (Lipinski definition) is 1. The lowest BCUT2D eigenvalue weighted by molar-refractivity contribution is -0.125. The van der Waals surface area contributed by atoms with E-state index in [9.17, 15) is 4.79 Å². The van der Waals surface area contributed by atoms with E-state index in [0.717, 1.165) is 25.9 Å². The second-order valence-corrected chi connectivity index (χ2v) is 3.58. The van der Waals surface area contributed by atoms with Gasteiger partial charge in [0.1, 0.15) is 6.61 Å². The Morgan fingerprint density at radius 1 is 1.54 bits per heavy atom. The van der Waals surface area contributed by atoms with Crippen molar-refractivity contribution in [3.63, 3.8) is 0 Å². The van der Waals surface area contributed by atoms with Crippen LogP contribution < -0.4 is 5.32 Å². The monoisotopic (exact) mass is 186 g/mol. The summed E-state index contributed by atoms with van der Waals surface area (Å²) in [6.07, 6.45) is 2.10. The van der Waals surface area contributed by atoms with Crippen molar-refractivity contribution in [2.24, 2.45) is 0 Å². The fourth-order valence-corrected chi connectivity index (χ4v) is 1.55. The zero-order valence-corrected chi connectivity index (χ0v) is 8.38. The molecule has 4 heteroatoms. The van der Waals surface area contributed by atoms with Crippen molar-refractivity contribution in [3.05, 3.63) is 0 Å². The second-order valence-electron chi connectivity index (χ2n) is 3.58. The van der Waals surface area contributed by atoms with Gasteiger partial charge in [0.25, 0.3) is 0 Å². The molecule has 1 aliphatic heterocycles. The van der Waals surface area contributed by atoms with Crippen molar-refractivity contribution >= 4 is 5.91 Å². The van der Waals surface area contributed by atoms with Gasteiger partial charge >= 0.3 is 0 Å². The number of ether oxygens (including phenoxy) is 1. The van der Waals surface area contributed by atoms with Crippen LogP contribution in [0.3, 0.4) is 0 Å². The van der Waals surface area contributed by atoms with Gasteiger partial charge < -0.3 is 15.0 Å². The van der Waals surface area contributed by atoms with Gasteiger partial charge in [0, 0.05) is 13.2 Å². The summed E-state index contributed by atoms with van der Waals surface area (Å²) in [4.78, 5) is 13.4. The smallest absolute Gasteiger partial charge is 0.246 e. The number of rotatable bonds is 3. The molecule has 1 fully saturated rings. The lowest BCUT2D eigenvalue weighted by Gasteiger charge is -2.29. The molecule has 1 N–H and O–H groups in total. The predicted molar refractivity (Wildman–Crippen MR) is 50.5 cm³/mol. The molecule has 76 valence electrons. The highest BCUT2D eigenvalue weighted by molar-refractivity contribution is 5.77. The summed E-state index contributed by atoms with van der Waals surface area (Å²) in [7, 11) is 3.64. The summed E-state index contributed by atoms with van der Waals surface area (Å²) >= 11 is 0. The number of hydrogen-bond acceptors (Lipinski definition) is 3. The average Bonchev–Trinajstić information content (AvgIpc) is 2.09. The highest BCUT2D eigenvalue weighted by Gasteiger charge is 2.17. The fourth-order valence-electron chi connectivity index (χ4n) is 1.55. The van der Waals surface area contributed by atoms with Gasteiger partial charge in [-0.25, -0.2) is 0 Å². The van der Waals surface area contributed by atoms with Crippen molar-refractivity contribution in [1.82, 2.24) is 10.2 Å². The van der Waals surface area contributed by atoms with Gasteiger partial charge in [-0.2, -0.15) is 0 Å². The van der Waals surface area contributed by atoms with E-state index in [1.807, 2.05) is 0 Å². The Balaban J connectivity index is 2.18. The van der Waals surface area contributed by atoms with E-state index >= 15 is 0 Å². The first kappa shape index (κ1) is 10.5. The summed E-state index contributed by atoms with van der Waals surface area (Å²) in [6, 6.07) is 0.346. The minimum Gasteiger partial charge on any atom is -0.375 e. The number of carbonyl (C=O) groups is 1. The summed E-state index contributed by atoms with van der Waals surface area (Å²) < 4.78 is 4.74. The van der Waals surface area contributed by atoms with Crippen LogP contribution in [0.1, 0.15) is 12.8 Å². The second kappa shape index (κ2) is 5.19. The number of amides is 1. The molecule has 1 rings (SSSR count). The maximum atomic E-state index is 11.1. The predicted octanol–water partition coefficient (Wildman–Crippen LogP) is -0.157. The van der Waals surface area contributed by atoms with E-state index in [0.29, 0.717) is 6.04 Å². The van der Waals surface area contributed by atoms with Crippen LogP contribution >= 0.6 is 0 Å². The third-order valence-corrected chi connectivity index (χ3v) is 2.36. The van der Waals surface area contributed by atoms with Gasteiger partial charge in [-0.3, -0.25) is 4.79 Å². The Morgan fingerprint density at radius 3 is 2.69 bits per heavy atom. The van der Waals surface area contributed by atoms with Crippen molar-refractivity contribution in [1.29, 1.82) is 0 Å². The topological polar surface area (TPSA) is 41.6 Å². The quantitative estimate of drug-likeness (QED) is 0.666. The zero-order chi connectivity index (χ0) is 9.68.